The fourth-order valence-corrected chi connectivity index (χ4v) is 4.34. The lowest BCUT2D eigenvalue weighted by molar-refractivity contribution is 0.0694. The van der Waals surface area contributed by atoms with Crippen molar-refractivity contribution in [2.45, 2.75) is 18.4 Å². The molecule has 0 fully saturated rings. The number of rotatable bonds is 2. The average molecular weight is 388 g/mol. The monoisotopic (exact) mass is 387 g/mol. The van der Waals surface area contributed by atoms with Crippen molar-refractivity contribution >= 4 is 27.6 Å². The molecule has 0 saturated heterocycles. The maximum Gasteiger partial charge on any atom is 0.336 e. The number of carboxylic acid groups (broad SMARTS) is 1. The third-order valence-corrected chi connectivity index (χ3v) is 5.37. The van der Waals surface area contributed by atoms with Gasteiger partial charge in [-0.3, -0.25) is 0 Å². The number of hydrogen-bond donors (Lipinski definition) is 2. The Hall–Kier alpha value is -2.14. The minimum atomic E-state index is -0.961. The Balaban J connectivity index is 1.86. The number of hydrogen-bond acceptors (Lipinski definition) is 2. The van der Waals surface area contributed by atoms with E-state index in [9.17, 15) is 14.3 Å². The van der Waals surface area contributed by atoms with Crippen molar-refractivity contribution in [3.8, 4) is 0 Å². The molecule has 1 heterocycles. The molecule has 122 valence electrons. The Kier molecular flexibility index (Phi) is 3.68. The highest BCUT2D eigenvalue weighted by molar-refractivity contribution is 9.10. The summed E-state index contributed by atoms with van der Waals surface area (Å²) in [4.78, 5) is 11.6. The van der Waals surface area contributed by atoms with Gasteiger partial charge in [-0.05, 0) is 41.7 Å². The van der Waals surface area contributed by atoms with Crippen molar-refractivity contribution in [3.63, 3.8) is 0 Å². The van der Waals surface area contributed by atoms with Gasteiger partial charge in [0.1, 0.15) is 5.82 Å². The van der Waals surface area contributed by atoms with E-state index >= 15 is 0 Å². The molecule has 2 aliphatic rings. The summed E-state index contributed by atoms with van der Waals surface area (Å²) in [5, 5.41) is 12.8. The molecule has 0 spiro atoms. The van der Waals surface area contributed by atoms with Crippen LogP contribution in [0.15, 0.2) is 53.0 Å². The van der Waals surface area contributed by atoms with Gasteiger partial charge in [-0.25, -0.2) is 9.18 Å². The Labute approximate surface area is 147 Å². The van der Waals surface area contributed by atoms with Crippen LogP contribution in [-0.2, 0) is 0 Å². The van der Waals surface area contributed by atoms with Gasteiger partial charge in [0.2, 0.25) is 0 Å². The number of aromatic carboxylic acids is 1. The number of nitrogens with one attached hydrogen (secondary N) is 1. The van der Waals surface area contributed by atoms with Crippen LogP contribution >= 0.6 is 15.9 Å². The van der Waals surface area contributed by atoms with Crippen LogP contribution in [0.4, 0.5) is 10.1 Å². The molecule has 1 aliphatic heterocycles. The van der Waals surface area contributed by atoms with E-state index in [1.165, 1.54) is 6.07 Å². The average Bonchev–Trinajstić information content (AvgIpc) is 3.04. The summed E-state index contributed by atoms with van der Waals surface area (Å²) < 4.78 is 15.2. The number of fused-ring (bicyclic) bond motifs is 3. The second-order valence-electron chi connectivity index (χ2n) is 6.22. The van der Waals surface area contributed by atoms with E-state index in [-0.39, 0.29) is 29.3 Å². The molecule has 0 saturated carbocycles. The van der Waals surface area contributed by atoms with Gasteiger partial charge in [0.25, 0.3) is 0 Å². The summed E-state index contributed by atoms with van der Waals surface area (Å²) in [6.07, 6.45) is 5.04. The first-order valence-electron chi connectivity index (χ1n) is 7.80. The zero-order chi connectivity index (χ0) is 16.8. The van der Waals surface area contributed by atoms with Gasteiger partial charge < -0.3 is 10.4 Å². The standard InChI is InChI=1S/C19H15BrFNO2/c20-10-8-15-11-6-3-7-12(11)17(22-18(15)16(21)9-10)13-4-1-2-5-14(13)19(23)24/h1-6,8-9,11-12,17,22H,7H2,(H,23,24)/t11-,12-,17-/m1/s1. The predicted molar refractivity (Wildman–Crippen MR) is 93.9 cm³/mol. The normalized spacial score (nSPS) is 24.2. The Bertz CT molecular complexity index is 864. The summed E-state index contributed by atoms with van der Waals surface area (Å²) >= 11 is 3.36. The fourth-order valence-electron chi connectivity index (χ4n) is 3.89. The van der Waals surface area contributed by atoms with Crippen LogP contribution < -0.4 is 5.32 Å². The van der Waals surface area contributed by atoms with E-state index in [0.29, 0.717) is 15.7 Å². The molecule has 2 N–H and O–H groups in total. The highest BCUT2D eigenvalue weighted by Crippen LogP contribution is 2.51. The third kappa shape index (κ3) is 2.35. The van der Waals surface area contributed by atoms with Gasteiger partial charge in [-0.15, -0.1) is 0 Å². The Morgan fingerprint density at radius 3 is 2.83 bits per heavy atom. The summed E-state index contributed by atoms with van der Waals surface area (Å²) in [5.74, 6) is -1.03. The van der Waals surface area contributed by atoms with Gasteiger partial charge >= 0.3 is 5.97 Å². The maximum absolute atomic E-state index is 14.5. The SMILES string of the molecule is O=C(O)c1ccccc1[C@@H]1Nc2c(F)cc(Br)cc2[C@@H]2C=CC[C@H]21. The molecule has 0 bridgehead atoms. The van der Waals surface area contributed by atoms with Gasteiger partial charge in [-0.1, -0.05) is 46.3 Å². The molecule has 3 nitrogen and oxygen atoms in total. The molecule has 0 unspecified atom stereocenters. The molecule has 0 aromatic heterocycles. The topological polar surface area (TPSA) is 49.3 Å². The molecule has 5 heteroatoms. The lowest BCUT2D eigenvalue weighted by atomic mass is 9.76. The van der Waals surface area contributed by atoms with Crippen LogP contribution in [0.2, 0.25) is 0 Å². The van der Waals surface area contributed by atoms with Crippen LogP contribution in [0, 0.1) is 11.7 Å². The van der Waals surface area contributed by atoms with Crippen molar-refractivity contribution in [2.24, 2.45) is 5.92 Å². The van der Waals surface area contributed by atoms with E-state index in [2.05, 4.69) is 33.4 Å². The van der Waals surface area contributed by atoms with Crippen molar-refractivity contribution in [2.75, 3.05) is 5.32 Å². The molecule has 24 heavy (non-hydrogen) atoms. The smallest absolute Gasteiger partial charge is 0.336 e. The maximum atomic E-state index is 14.5. The molecule has 0 amide bonds. The molecular formula is C19H15BrFNO2. The van der Waals surface area contributed by atoms with Crippen molar-refractivity contribution in [1.29, 1.82) is 0 Å². The van der Waals surface area contributed by atoms with Crippen LogP contribution in [0.1, 0.15) is 39.9 Å². The fraction of sp³-hybridized carbons (Fsp3) is 0.211. The minimum absolute atomic E-state index is 0.0834. The summed E-state index contributed by atoms with van der Waals surface area (Å²) in [7, 11) is 0. The summed E-state index contributed by atoms with van der Waals surface area (Å²) in [6.45, 7) is 0. The number of benzene rings is 2. The van der Waals surface area contributed by atoms with E-state index in [0.717, 1.165) is 12.0 Å². The van der Waals surface area contributed by atoms with Gasteiger partial charge in [0.15, 0.2) is 0 Å². The first-order chi connectivity index (χ1) is 11.6. The van der Waals surface area contributed by atoms with Crippen molar-refractivity contribution < 1.29 is 14.3 Å². The lowest BCUT2D eigenvalue weighted by Crippen LogP contribution is -2.31. The quantitative estimate of drug-likeness (QED) is 0.703. The van der Waals surface area contributed by atoms with Crippen molar-refractivity contribution in [1.82, 2.24) is 0 Å². The second-order valence-corrected chi connectivity index (χ2v) is 7.14. The number of halogens is 2. The van der Waals surface area contributed by atoms with Crippen molar-refractivity contribution in [3.05, 3.63) is 75.5 Å². The second kappa shape index (κ2) is 5.74. The largest absolute Gasteiger partial charge is 0.478 e. The number of carbonyl (C=O) groups is 1. The Morgan fingerprint density at radius 1 is 1.25 bits per heavy atom. The molecule has 3 atom stereocenters. The van der Waals surface area contributed by atoms with Crippen LogP contribution in [-0.4, -0.2) is 11.1 Å². The first kappa shape index (κ1) is 15.4. The number of allylic oxidation sites excluding steroid dienone is 2. The molecule has 1 aliphatic carbocycles. The van der Waals surface area contributed by atoms with E-state index in [1.807, 2.05) is 18.2 Å². The van der Waals surface area contributed by atoms with Gasteiger partial charge in [0.05, 0.1) is 17.3 Å². The van der Waals surface area contributed by atoms with Crippen LogP contribution in [0.5, 0.6) is 0 Å². The molecule has 0 radical (unpaired) electrons. The van der Waals surface area contributed by atoms with Gasteiger partial charge in [-0.2, -0.15) is 0 Å². The molecule has 2 aromatic rings. The highest BCUT2D eigenvalue weighted by atomic mass is 79.9. The zero-order valence-corrected chi connectivity index (χ0v) is 14.3. The van der Waals surface area contributed by atoms with E-state index in [1.54, 1.807) is 12.1 Å². The van der Waals surface area contributed by atoms with Crippen LogP contribution in [0.3, 0.4) is 0 Å². The number of carboxylic acids is 1. The minimum Gasteiger partial charge on any atom is -0.478 e. The summed E-state index contributed by atoms with van der Waals surface area (Å²) in [5.41, 5.74) is 2.36. The number of anilines is 1. The van der Waals surface area contributed by atoms with Gasteiger partial charge in [0, 0.05) is 10.4 Å². The first-order valence-corrected chi connectivity index (χ1v) is 8.60. The highest BCUT2D eigenvalue weighted by Gasteiger charge is 2.40. The van der Waals surface area contributed by atoms with Crippen LogP contribution in [0.25, 0.3) is 0 Å². The summed E-state index contributed by atoms with van der Waals surface area (Å²) in [6, 6.07) is 10.1. The molecule has 4 rings (SSSR count). The zero-order valence-electron chi connectivity index (χ0n) is 12.7. The molecule has 2 aromatic carbocycles. The predicted octanol–water partition coefficient (Wildman–Crippen LogP) is 5.11. The lowest BCUT2D eigenvalue weighted by Gasteiger charge is -2.38. The van der Waals surface area contributed by atoms with E-state index in [4.69, 9.17) is 0 Å². The molecular weight excluding hydrogens is 373 g/mol. The van der Waals surface area contributed by atoms with E-state index < -0.39 is 5.97 Å². The third-order valence-electron chi connectivity index (χ3n) is 4.91. The Morgan fingerprint density at radius 2 is 2.04 bits per heavy atom.